The molecule has 2 N–H and O–H groups in total. The van der Waals surface area contributed by atoms with Gasteiger partial charge < -0.3 is 10.6 Å². The number of hydrogen-bond donors (Lipinski definition) is 2. The highest BCUT2D eigenvalue weighted by atomic mass is 32.1. The van der Waals surface area contributed by atoms with Crippen molar-refractivity contribution in [2.75, 3.05) is 11.9 Å². The zero-order valence-electron chi connectivity index (χ0n) is 13.8. The second kappa shape index (κ2) is 10.6. The van der Waals surface area contributed by atoms with Gasteiger partial charge in [-0.25, -0.2) is 0 Å². The highest BCUT2D eigenvalue weighted by Gasteiger charge is 2.05. The van der Waals surface area contributed by atoms with Crippen LogP contribution in [0.5, 0.6) is 0 Å². The minimum Gasteiger partial charge on any atom is -0.362 e. The first-order chi connectivity index (χ1) is 10.2. The summed E-state index contributed by atoms with van der Waals surface area (Å²) in [4.78, 5) is 0. The predicted octanol–water partition coefficient (Wildman–Crippen LogP) is 5.20. The van der Waals surface area contributed by atoms with Crippen LogP contribution >= 0.6 is 12.2 Å². The van der Waals surface area contributed by atoms with Gasteiger partial charge >= 0.3 is 0 Å². The molecule has 1 aromatic carbocycles. The lowest BCUT2D eigenvalue weighted by Gasteiger charge is -2.15. The molecule has 0 radical (unpaired) electrons. The first-order valence-corrected chi connectivity index (χ1v) is 8.73. The molecule has 0 fully saturated rings. The van der Waals surface area contributed by atoms with E-state index >= 15 is 0 Å². The normalized spacial score (nSPS) is 10.4. The number of nitrogens with one attached hydrogen (secondary N) is 2. The van der Waals surface area contributed by atoms with Gasteiger partial charge in [-0.05, 0) is 43.1 Å². The number of rotatable bonds is 9. The number of hydrogen-bond acceptors (Lipinski definition) is 1. The van der Waals surface area contributed by atoms with Crippen molar-refractivity contribution < 1.29 is 0 Å². The summed E-state index contributed by atoms with van der Waals surface area (Å²) in [6, 6.07) is 6.38. The molecule has 0 heterocycles. The van der Waals surface area contributed by atoms with Crippen molar-refractivity contribution in [3.63, 3.8) is 0 Å². The Labute approximate surface area is 135 Å². The summed E-state index contributed by atoms with van der Waals surface area (Å²) in [7, 11) is 0. The lowest BCUT2D eigenvalue weighted by atomic mass is 10.1. The second-order valence-electron chi connectivity index (χ2n) is 5.61. The lowest BCUT2D eigenvalue weighted by molar-refractivity contribution is 0.603. The van der Waals surface area contributed by atoms with Gasteiger partial charge in [0, 0.05) is 12.2 Å². The zero-order chi connectivity index (χ0) is 15.5. The van der Waals surface area contributed by atoms with Crippen LogP contribution in [0.1, 0.15) is 63.5 Å². The molecule has 0 amide bonds. The first kappa shape index (κ1) is 18.0. The molecule has 118 valence electrons. The van der Waals surface area contributed by atoms with Gasteiger partial charge in [0.25, 0.3) is 0 Å². The van der Waals surface area contributed by atoms with E-state index in [2.05, 4.69) is 49.6 Å². The number of unbranched alkanes of at least 4 members (excludes halogenated alkanes) is 5. The molecule has 3 heteroatoms. The van der Waals surface area contributed by atoms with Gasteiger partial charge in [-0.3, -0.25) is 0 Å². The highest BCUT2D eigenvalue weighted by Crippen LogP contribution is 2.20. The molecule has 0 spiro atoms. The fraction of sp³-hybridized carbons (Fsp3) is 0.611. The van der Waals surface area contributed by atoms with Crippen molar-refractivity contribution in [3.05, 3.63) is 29.3 Å². The molecule has 0 saturated heterocycles. The van der Waals surface area contributed by atoms with Crippen molar-refractivity contribution >= 4 is 23.0 Å². The fourth-order valence-electron chi connectivity index (χ4n) is 2.47. The molecule has 2 nitrogen and oxygen atoms in total. The Balaban J connectivity index is 2.28. The molecule has 0 bridgehead atoms. The van der Waals surface area contributed by atoms with Crippen molar-refractivity contribution in [1.82, 2.24) is 5.32 Å². The summed E-state index contributed by atoms with van der Waals surface area (Å²) in [5, 5.41) is 7.43. The SMILES string of the molecule is CCCCCCCCNC(=S)Nc1c(C)cccc1CC. The van der Waals surface area contributed by atoms with E-state index in [0.29, 0.717) is 0 Å². The molecule has 0 aliphatic rings. The van der Waals surface area contributed by atoms with Crippen molar-refractivity contribution in [1.29, 1.82) is 0 Å². The van der Waals surface area contributed by atoms with E-state index in [0.717, 1.165) is 18.1 Å². The molecule has 1 rings (SSSR count). The molecule has 0 saturated carbocycles. The molecular weight excluding hydrogens is 276 g/mol. The van der Waals surface area contributed by atoms with Crippen LogP contribution in [0.3, 0.4) is 0 Å². The summed E-state index contributed by atoms with van der Waals surface area (Å²) >= 11 is 5.40. The maximum Gasteiger partial charge on any atom is 0.170 e. The van der Waals surface area contributed by atoms with E-state index in [-0.39, 0.29) is 0 Å². The quantitative estimate of drug-likeness (QED) is 0.484. The van der Waals surface area contributed by atoms with Crippen LogP contribution in [0.4, 0.5) is 5.69 Å². The van der Waals surface area contributed by atoms with Gasteiger partial charge in [-0.2, -0.15) is 0 Å². The number of anilines is 1. The smallest absolute Gasteiger partial charge is 0.170 e. The van der Waals surface area contributed by atoms with Crippen LogP contribution < -0.4 is 10.6 Å². The molecule has 0 unspecified atom stereocenters. The summed E-state index contributed by atoms with van der Waals surface area (Å²) in [6.45, 7) is 7.51. The summed E-state index contributed by atoms with van der Waals surface area (Å²) in [6.07, 6.45) is 8.88. The van der Waals surface area contributed by atoms with Gasteiger partial charge in [-0.1, -0.05) is 64.2 Å². The van der Waals surface area contributed by atoms with Gasteiger partial charge in [0.2, 0.25) is 0 Å². The van der Waals surface area contributed by atoms with Crippen molar-refractivity contribution in [2.24, 2.45) is 0 Å². The Morgan fingerprint density at radius 2 is 1.76 bits per heavy atom. The van der Waals surface area contributed by atoms with Crippen molar-refractivity contribution in [3.8, 4) is 0 Å². The Kier molecular flexibility index (Phi) is 9.07. The maximum absolute atomic E-state index is 5.40. The fourth-order valence-corrected chi connectivity index (χ4v) is 2.67. The van der Waals surface area contributed by atoms with Gasteiger partial charge in [0.1, 0.15) is 0 Å². The topological polar surface area (TPSA) is 24.1 Å². The minimum atomic E-state index is 0.743. The second-order valence-corrected chi connectivity index (χ2v) is 6.02. The third kappa shape index (κ3) is 6.94. The summed E-state index contributed by atoms with van der Waals surface area (Å²) in [5.41, 5.74) is 3.73. The summed E-state index contributed by atoms with van der Waals surface area (Å²) < 4.78 is 0. The third-order valence-electron chi connectivity index (χ3n) is 3.79. The summed E-state index contributed by atoms with van der Waals surface area (Å²) in [5.74, 6) is 0. The zero-order valence-corrected chi connectivity index (χ0v) is 14.6. The number of thiocarbonyl (C=S) groups is 1. The van der Waals surface area contributed by atoms with Crippen LogP contribution in [-0.4, -0.2) is 11.7 Å². The monoisotopic (exact) mass is 306 g/mol. The van der Waals surface area contributed by atoms with Gasteiger partial charge in [0.05, 0.1) is 0 Å². The molecule has 21 heavy (non-hydrogen) atoms. The minimum absolute atomic E-state index is 0.743. The van der Waals surface area contributed by atoms with Crippen molar-refractivity contribution in [2.45, 2.75) is 65.7 Å². The van der Waals surface area contributed by atoms with E-state index in [9.17, 15) is 0 Å². The van der Waals surface area contributed by atoms with E-state index in [1.54, 1.807) is 0 Å². The van der Waals surface area contributed by atoms with E-state index in [1.165, 1.54) is 55.3 Å². The standard InChI is InChI=1S/C18H30N2S/c1-4-6-7-8-9-10-14-19-18(21)20-17-15(3)12-11-13-16(17)5-2/h11-13H,4-10,14H2,1-3H3,(H2,19,20,21). The van der Waals surface area contributed by atoms with Crippen LogP contribution in [0.25, 0.3) is 0 Å². The first-order valence-electron chi connectivity index (χ1n) is 8.32. The molecule has 0 atom stereocenters. The molecule has 0 aliphatic carbocycles. The highest BCUT2D eigenvalue weighted by molar-refractivity contribution is 7.80. The Bertz CT molecular complexity index is 429. The number of para-hydroxylation sites is 1. The van der Waals surface area contributed by atoms with Crippen LogP contribution in [0.2, 0.25) is 0 Å². The number of aryl methyl sites for hydroxylation is 2. The third-order valence-corrected chi connectivity index (χ3v) is 4.04. The van der Waals surface area contributed by atoms with E-state index in [4.69, 9.17) is 12.2 Å². The lowest BCUT2D eigenvalue weighted by Crippen LogP contribution is -2.29. The average molecular weight is 307 g/mol. The largest absolute Gasteiger partial charge is 0.362 e. The molecular formula is C18H30N2S. The van der Waals surface area contributed by atoms with Gasteiger partial charge in [0.15, 0.2) is 5.11 Å². The van der Waals surface area contributed by atoms with E-state index < -0.39 is 0 Å². The molecule has 0 aliphatic heterocycles. The molecule has 0 aromatic heterocycles. The van der Waals surface area contributed by atoms with Crippen LogP contribution in [0, 0.1) is 6.92 Å². The van der Waals surface area contributed by atoms with Gasteiger partial charge in [-0.15, -0.1) is 0 Å². The predicted molar refractivity (Wildman–Crippen MR) is 98.2 cm³/mol. The van der Waals surface area contributed by atoms with Crippen LogP contribution in [-0.2, 0) is 6.42 Å². The van der Waals surface area contributed by atoms with E-state index in [1.807, 2.05) is 0 Å². The Morgan fingerprint density at radius 3 is 2.48 bits per heavy atom. The number of benzene rings is 1. The Hall–Kier alpha value is -1.09. The van der Waals surface area contributed by atoms with Crippen LogP contribution in [0.15, 0.2) is 18.2 Å². The average Bonchev–Trinajstić information content (AvgIpc) is 2.48. The Morgan fingerprint density at radius 1 is 1.05 bits per heavy atom. The maximum atomic E-state index is 5.40. The molecule has 1 aromatic rings.